The van der Waals surface area contributed by atoms with Gasteiger partial charge in [-0.15, -0.1) is 0 Å². The number of hydrogen-bond donors (Lipinski definition) is 6. The molecule has 0 spiro atoms. The number of benzene rings is 8. The zero-order valence-electron chi connectivity index (χ0n) is 40.5. The number of nitrogens with zero attached hydrogens (tertiary/aromatic N) is 2. The first kappa shape index (κ1) is 50.0. The van der Waals surface area contributed by atoms with E-state index in [4.69, 9.17) is 32.0 Å². The normalized spacial score (nSPS) is 11.3. The molecule has 6 aromatic rings. The number of carboxylic acids is 3. The number of amides is 2. The highest BCUT2D eigenvalue weighted by atomic mass is 35.5. The summed E-state index contributed by atoms with van der Waals surface area (Å²) in [6.45, 7) is -0.360. The van der Waals surface area contributed by atoms with E-state index in [1.807, 2.05) is 74.1 Å². The van der Waals surface area contributed by atoms with Gasteiger partial charge in [-0.3, -0.25) is 14.4 Å². The Kier molecular flexibility index (Phi) is 12.8. The lowest BCUT2D eigenvalue weighted by atomic mass is 9.88. The number of nitrogens with one attached hydrogen (secondary N) is 2. The van der Waals surface area contributed by atoms with Gasteiger partial charge in [0.05, 0.1) is 50.5 Å². The molecule has 2 aliphatic carbocycles. The Morgan fingerprint density at radius 1 is 0.632 bits per heavy atom. The molecular weight excluding hydrogens is 1020 g/mol. The summed E-state index contributed by atoms with van der Waals surface area (Å²) in [5.74, 6) is -5.29. The number of hydrogen-bond acceptors (Lipinski definition) is 10. The molecule has 76 heavy (non-hydrogen) atoms. The lowest BCUT2D eigenvalue weighted by Crippen LogP contribution is -2.26. The third-order valence-corrected chi connectivity index (χ3v) is 13.9. The van der Waals surface area contributed by atoms with Crippen LogP contribution >= 0.6 is 23.2 Å². The van der Waals surface area contributed by atoms with E-state index < -0.39 is 40.7 Å². The number of anilines is 2. The summed E-state index contributed by atoms with van der Waals surface area (Å²) in [5.41, 5.74) is 1.86. The summed E-state index contributed by atoms with van der Waals surface area (Å²) in [7, 11) is 7.54. The molecule has 16 nitrogen and oxygen atoms in total. The van der Waals surface area contributed by atoms with Crippen LogP contribution in [0.2, 0.25) is 10.0 Å². The molecule has 2 aliphatic heterocycles. The Labute approximate surface area is 440 Å². The highest BCUT2D eigenvalue weighted by Gasteiger charge is 2.31. The third-order valence-electron chi connectivity index (χ3n) is 13.2. The zero-order valence-corrected chi connectivity index (χ0v) is 42.0. The van der Waals surface area contributed by atoms with Gasteiger partial charge in [-0.1, -0.05) is 47.5 Å². The molecule has 0 bridgehead atoms. The monoisotopic (exact) mass is 1060 g/mol. The minimum atomic E-state index is -1.43. The van der Waals surface area contributed by atoms with E-state index in [2.05, 4.69) is 10.6 Å². The molecule has 10 rings (SSSR count). The van der Waals surface area contributed by atoms with Crippen molar-refractivity contribution in [2.24, 2.45) is 0 Å². The van der Waals surface area contributed by atoms with Gasteiger partial charge in [0.25, 0.3) is 11.8 Å². The first-order valence-electron chi connectivity index (χ1n) is 23.2. The first-order valence-corrected chi connectivity index (χ1v) is 23.9. The van der Waals surface area contributed by atoms with Crippen LogP contribution < -0.4 is 30.9 Å². The molecule has 0 fully saturated rings. The number of phenolic OH excluding ortho intramolecular Hbond substituents is 1. The van der Waals surface area contributed by atoms with E-state index in [1.54, 1.807) is 30.3 Å². The number of phenols is 1. The molecule has 2 heterocycles. The lowest BCUT2D eigenvalue weighted by molar-refractivity contribution is 0.0682. The fraction of sp³-hybridized carbons (Fsp3) is 0.0862. The molecule has 0 radical (unpaired) electrons. The van der Waals surface area contributed by atoms with Crippen LogP contribution in [0, 0.1) is 0 Å². The molecule has 378 valence electrons. The molecule has 0 saturated heterocycles. The summed E-state index contributed by atoms with van der Waals surface area (Å²) >= 11 is 14.0. The standard InChI is InChI=1S/C58H40Cl2N4O12/c1-63(2)30-10-15-36-45(22-30)75-46-23-31(64(3)4)11-16-37(46)49(36)50-42(59)25-40(52(60)51(50)58(73)74)55(68)62-43-7-5-6-27-20-28(8-13-33(27)43)54(67)61-26-41-44(66)19-18-38-48(35-17-12-32(65)24-47(35)76-53(38)41)34-14-9-29(56(69)70)21-39(34)57(71)72/h5-25H,26H2,1-4H3,(H5-,61,62,65,66,67,68,69,70,71,72,73,74)/p+1. The molecule has 4 aliphatic rings. The predicted octanol–water partition coefficient (Wildman–Crippen LogP) is 10.6. The molecule has 0 atom stereocenters. The van der Waals surface area contributed by atoms with E-state index in [0.717, 1.165) is 17.1 Å². The smallest absolute Gasteiger partial charge is 0.337 e. The Bertz CT molecular complexity index is 4250. The maximum atomic E-state index is 14.2. The summed E-state index contributed by atoms with van der Waals surface area (Å²) in [4.78, 5) is 81.2. The highest BCUT2D eigenvalue weighted by Crippen LogP contribution is 2.48. The summed E-state index contributed by atoms with van der Waals surface area (Å²) in [6, 6.07) is 32.5. The molecule has 6 aromatic carbocycles. The lowest BCUT2D eigenvalue weighted by Gasteiger charge is -2.21. The van der Waals surface area contributed by atoms with Crippen LogP contribution in [0.1, 0.15) is 57.4 Å². The van der Waals surface area contributed by atoms with Gasteiger partial charge in [0.15, 0.2) is 5.43 Å². The van der Waals surface area contributed by atoms with Crippen molar-refractivity contribution in [2.75, 3.05) is 38.4 Å². The SMILES string of the molecule is CN(C)c1ccc2c(-c3c(Cl)cc(C(=O)Nc4cccc5cc(C(=O)NCc6c7oc8cc(O)ccc8c(-c8ccc(C(=O)O)cc8C(=O)O)c-7ccc6=O)ccc45)c(Cl)c3C(=O)O)c3ccc(=[N+](C)C)cc-3oc2c1. The summed E-state index contributed by atoms with van der Waals surface area (Å²) in [5, 5.41) is 49.0. The highest BCUT2D eigenvalue weighted by molar-refractivity contribution is 6.42. The van der Waals surface area contributed by atoms with Crippen molar-refractivity contribution in [2.45, 2.75) is 6.54 Å². The van der Waals surface area contributed by atoms with Gasteiger partial charge < -0.3 is 44.8 Å². The van der Waals surface area contributed by atoms with Crippen molar-refractivity contribution >= 4 is 97.0 Å². The first-order chi connectivity index (χ1) is 36.3. The van der Waals surface area contributed by atoms with Crippen LogP contribution in [0.4, 0.5) is 11.4 Å². The van der Waals surface area contributed by atoms with Gasteiger partial charge in [0, 0.05) is 93.2 Å². The van der Waals surface area contributed by atoms with Crippen molar-refractivity contribution in [3.05, 3.63) is 186 Å². The maximum Gasteiger partial charge on any atom is 0.337 e. The Morgan fingerprint density at radius 2 is 1.33 bits per heavy atom. The number of carbonyl (C=O) groups excluding carboxylic acids is 2. The van der Waals surface area contributed by atoms with E-state index in [0.29, 0.717) is 49.7 Å². The van der Waals surface area contributed by atoms with Crippen LogP contribution in [0.5, 0.6) is 5.75 Å². The largest absolute Gasteiger partial charge is 0.508 e. The average molecular weight is 1060 g/mol. The van der Waals surface area contributed by atoms with Gasteiger partial charge in [-0.2, -0.15) is 0 Å². The molecular formula is C58H41Cl2N4O12+. The van der Waals surface area contributed by atoms with Crippen molar-refractivity contribution in [3.8, 4) is 50.7 Å². The van der Waals surface area contributed by atoms with Gasteiger partial charge in [-0.25, -0.2) is 19.0 Å². The third kappa shape index (κ3) is 8.84. The number of halogens is 2. The topological polar surface area (TPSA) is 240 Å². The molecule has 18 heteroatoms. The second-order valence-electron chi connectivity index (χ2n) is 18.2. The van der Waals surface area contributed by atoms with E-state index in [-0.39, 0.29) is 83.8 Å². The number of rotatable bonds is 11. The second-order valence-corrected chi connectivity index (χ2v) is 19.0. The molecule has 0 aromatic heterocycles. The minimum Gasteiger partial charge on any atom is -0.508 e. The van der Waals surface area contributed by atoms with Crippen LogP contribution in [0.3, 0.4) is 0 Å². The van der Waals surface area contributed by atoms with E-state index >= 15 is 0 Å². The fourth-order valence-electron chi connectivity index (χ4n) is 9.43. The Balaban J connectivity index is 0.963. The van der Waals surface area contributed by atoms with Gasteiger partial charge in [0.1, 0.15) is 42.5 Å². The van der Waals surface area contributed by atoms with Crippen molar-refractivity contribution in [3.63, 3.8) is 0 Å². The number of aromatic hydroxyl groups is 1. The number of carboxylic acid groups (broad SMARTS) is 3. The van der Waals surface area contributed by atoms with Crippen LogP contribution in [0.15, 0.2) is 141 Å². The Morgan fingerprint density at radius 3 is 2.05 bits per heavy atom. The summed E-state index contributed by atoms with van der Waals surface area (Å²) in [6.07, 6.45) is 0. The zero-order chi connectivity index (χ0) is 54.0. The van der Waals surface area contributed by atoms with Gasteiger partial charge in [-0.05, 0) is 89.8 Å². The molecule has 6 N–H and O–H groups in total. The van der Waals surface area contributed by atoms with Gasteiger partial charge in [0.2, 0.25) is 5.36 Å². The average Bonchev–Trinajstić information content (AvgIpc) is 3.40. The molecule has 0 unspecified atom stereocenters. The van der Waals surface area contributed by atoms with Crippen LogP contribution in [-0.4, -0.2) is 78.3 Å². The Hall–Kier alpha value is -9.51. The minimum absolute atomic E-state index is 0.00168. The van der Waals surface area contributed by atoms with Crippen LogP contribution in [-0.2, 0) is 6.54 Å². The fourth-order valence-corrected chi connectivity index (χ4v) is 10.0. The van der Waals surface area contributed by atoms with Gasteiger partial charge >= 0.3 is 17.9 Å². The quantitative estimate of drug-likeness (QED) is 0.0523. The molecule has 0 saturated carbocycles. The second kappa shape index (κ2) is 19.4. The van der Waals surface area contributed by atoms with Crippen LogP contribution in [0.25, 0.3) is 77.6 Å². The summed E-state index contributed by atoms with van der Waals surface area (Å²) < 4.78 is 14.5. The van der Waals surface area contributed by atoms with E-state index in [9.17, 15) is 49.2 Å². The van der Waals surface area contributed by atoms with Crippen molar-refractivity contribution < 1.29 is 53.2 Å². The van der Waals surface area contributed by atoms with E-state index in [1.165, 1.54) is 54.6 Å². The van der Waals surface area contributed by atoms with Crippen molar-refractivity contribution in [1.82, 2.24) is 9.89 Å². The maximum absolute atomic E-state index is 14.2. The molecule has 2 amide bonds. The predicted molar refractivity (Wildman–Crippen MR) is 290 cm³/mol. The number of fused-ring (bicyclic) bond motifs is 5. The van der Waals surface area contributed by atoms with Crippen molar-refractivity contribution in [1.29, 1.82) is 0 Å². The number of carbonyl (C=O) groups is 5. The number of aromatic carboxylic acids is 3.